The van der Waals surface area contributed by atoms with Crippen LogP contribution in [-0.4, -0.2) is 5.11 Å². The van der Waals surface area contributed by atoms with E-state index in [-0.39, 0.29) is 0 Å². The van der Waals surface area contributed by atoms with Crippen LogP contribution in [0, 0.1) is 6.92 Å². The van der Waals surface area contributed by atoms with Crippen LogP contribution < -0.4 is 15.4 Å². The maximum absolute atomic E-state index is 6.12. The minimum Gasteiger partial charge on any atom is -0.457 e. The molecule has 0 aliphatic carbocycles. The fourth-order valence-electron chi connectivity index (χ4n) is 2.26. The summed E-state index contributed by atoms with van der Waals surface area (Å²) in [6.07, 6.45) is 0. The summed E-state index contributed by atoms with van der Waals surface area (Å²) in [6.45, 7) is 1.95. The number of para-hydroxylation sites is 1. The van der Waals surface area contributed by atoms with E-state index in [1.165, 1.54) is 0 Å². The molecule has 0 saturated carbocycles. The molecule has 3 nitrogen and oxygen atoms in total. The molecule has 0 radical (unpaired) electrons. The predicted molar refractivity (Wildman–Crippen MR) is 109 cm³/mol. The average molecular weight is 369 g/mol. The Morgan fingerprint density at radius 3 is 2.24 bits per heavy atom. The van der Waals surface area contributed by atoms with E-state index < -0.39 is 0 Å². The second-order valence-electron chi connectivity index (χ2n) is 5.43. The molecule has 25 heavy (non-hydrogen) atoms. The zero-order valence-corrected chi connectivity index (χ0v) is 15.2. The largest absolute Gasteiger partial charge is 0.457 e. The van der Waals surface area contributed by atoms with Gasteiger partial charge < -0.3 is 15.4 Å². The third-order valence-electron chi connectivity index (χ3n) is 3.61. The number of hydrogen-bond acceptors (Lipinski definition) is 2. The molecule has 3 aromatic rings. The van der Waals surface area contributed by atoms with Crippen molar-refractivity contribution < 1.29 is 4.74 Å². The number of nitrogens with one attached hydrogen (secondary N) is 2. The van der Waals surface area contributed by atoms with Crippen LogP contribution in [0.4, 0.5) is 11.4 Å². The Hall–Kier alpha value is -2.56. The Morgan fingerprint density at radius 2 is 1.52 bits per heavy atom. The summed E-state index contributed by atoms with van der Waals surface area (Å²) >= 11 is 11.5. The smallest absolute Gasteiger partial charge is 0.175 e. The van der Waals surface area contributed by atoms with Gasteiger partial charge in [-0.3, -0.25) is 0 Å². The van der Waals surface area contributed by atoms with Crippen LogP contribution in [0.3, 0.4) is 0 Å². The van der Waals surface area contributed by atoms with Gasteiger partial charge in [-0.15, -0.1) is 0 Å². The Morgan fingerprint density at radius 1 is 0.840 bits per heavy atom. The van der Waals surface area contributed by atoms with Crippen LogP contribution in [0.2, 0.25) is 5.02 Å². The van der Waals surface area contributed by atoms with Crippen molar-refractivity contribution in [3.63, 3.8) is 0 Å². The van der Waals surface area contributed by atoms with Gasteiger partial charge in [0.2, 0.25) is 0 Å². The number of thiocarbonyl (C=S) groups is 1. The van der Waals surface area contributed by atoms with Crippen LogP contribution in [0.15, 0.2) is 72.8 Å². The van der Waals surface area contributed by atoms with Gasteiger partial charge in [0.15, 0.2) is 5.11 Å². The molecule has 0 heterocycles. The molecule has 0 fully saturated rings. The van der Waals surface area contributed by atoms with Crippen LogP contribution >= 0.6 is 23.8 Å². The lowest BCUT2D eigenvalue weighted by molar-refractivity contribution is 0.483. The Labute approximate surface area is 157 Å². The van der Waals surface area contributed by atoms with E-state index >= 15 is 0 Å². The summed E-state index contributed by atoms with van der Waals surface area (Å²) in [6, 6.07) is 22.9. The van der Waals surface area contributed by atoms with Gasteiger partial charge in [-0.2, -0.15) is 0 Å². The molecule has 126 valence electrons. The Bertz CT molecular complexity index is 867. The molecule has 0 saturated heterocycles. The van der Waals surface area contributed by atoms with Gasteiger partial charge in [0.25, 0.3) is 0 Å². The van der Waals surface area contributed by atoms with Gasteiger partial charge in [-0.05, 0) is 73.2 Å². The summed E-state index contributed by atoms with van der Waals surface area (Å²) in [5, 5.41) is 7.51. The van der Waals surface area contributed by atoms with E-state index in [0.29, 0.717) is 10.1 Å². The second kappa shape index (κ2) is 8.01. The third kappa shape index (κ3) is 4.72. The van der Waals surface area contributed by atoms with Gasteiger partial charge >= 0.3 is 0 Å². The highest BCUT2D eigenvalue weighted by atomic mass is 35.5. The van der Waals surface area contributed by atoms with Gasteiger partial charge in [0.1, 0.15) is 11.5 Å². The standard InChI is InChI=1S/C20H17ClN2OS/c1-14-18(21)8-5-9-19(14)23-20(25)22-15-10-12-17(13-11-15)24-16-6-3-2-4-7-16/h2-13H,1H3,(H2,22,23,25). The molecular weight excluding hydrogens is 352 g/mol. The first-order valence-electron chi connectivity index (χ1n) is 7.78. The number of anilines is 2. The quantitative estimate of drug-likeness (QED) is 0.533. The molecule has 0 atom stereocenters. The van der Waals surface area contributed by atoms with Crippen LogP contribution in [0.25, 0.3) is 0 Å². The minimum absolute atomic E-state index is 0.502. The van der Waals surface area contributed by atoms with E-state index in [1.54, 1.807) is 0 Å². The van der Waals surface area contributed by atoms with E-state index in [1.807, 2.05) is 79.7 Å². The van der Waals surface area contributed by atoms with Crippen molar-refractivity contribution in [2.24, 2.45) is 0 Å². The molecule has 3 aromatic carbocycles. The van der Waals surface area contributed by atoms with Crippen molar-refractivity contribution in [1.29, 1.82) is 0 Å². The van der Waals surface area contributed by atoms with E-state index in [0.717, 1.165) is 28.4 Å². The highest BCUT2D eigenvalue weighted by Gasteiger charge is 2.05. The molecule has 5 heteroatoms. The Balaban J connectivity index is 1.61. The van der Waals surface area contributed by atoms with Gasteiger partial charge in [-0.1, -0.05) is 35.9 Å². The van der Waals surface area contributed by atoms with Crippen molar-refractivity contribution in [3.05, 3.63) is 83.4 Å². The molecule has 0 bridgehead atoms. The predicted octanol–water partition coefficient (Wildman–Crippen LogP) is 6.25. The van der Waals surface area contributed by atoms with Crippen molar-refractivity contribution >= 4 is 40.3 Å². The molecule has 0 aliphatic heterocycles. The van der Waals surface area contributed by atoms with Crippen LogP contribution in [-0.2, 0) is 0 Å². The van der Waals surface area contributed by atoms with Crippen LogP contribution in [0.1, 0.15) is 5.56 Å². The summed E-state index contributed by atoms with van der Waals surface area (Å²) in [4.78, 5) is 0. The summed E-state index contributed by atoms with van der Waals surface area (Å²) in [5.41, 5.74) is 2.71. The zero-order chi connectivity index (χ0) is 17.6. The molecular formula is C20H17ClN2OS. The van der Waals surface area contributed by atoms with Crippen LogP contribution in [0.5, 0.6) is 11.5 Å². The van der Waals surface area contributed by atoms with Gasteiger partial charge in [0.05, 0.1) is 0 Å². The van der Waals surface area contributed by atoms with E-state index in [4.69, 9.17) is 28.6 Å². The number of ether oxygens (including phenoxy) is 1. The van der Waals surface area contributed by atoms with Gasteiger partial charge in [-0.25, -0.2) is 0 Å². The highest BCUT2D eigenvalue weighted by Crippen LogP contribution is 2.24. The monoisotopic (exact) mass is 368 g/mol. The maximum atomic E-state index is 6.12. The minimum atomic E-state index is 0.502. The number of hydrogen-bond donors (Lipinski definition) is 2. The van der Waals surface area contributed by atoms with Crippen molar-refractivity contribution in [2.75, 3.05) is 10.6 Å². The first-order chi connectivity index (χ1) is 12.1. The van der Waals surface area contributed by atoms with E-state index in [2.05, 4.69) is 10.6 Å². The molecule has 0 spiro atoms. The first kappa shape index (κ1) is 17.3. The molecule has 0 unspecified atom stereocenters. The highest BCUT2D eigenvalue weighted by molar-refractivity contribution is 7.80. The third-order valence-corrected chi connectivity index (χ3v) is 4.22. The second-order valence-corrected chi connectivity index (χ2v) is 6.25. The lowest BCUT2D eigenvalue weighted by Crippen LogP contribution is -2.19. The zero-order valence-electron chi connectivity index (χ0n) is 13.6. The molecule has 0 amide bonds. The first-order valence-corrected chi connectivity index (χ1v) is 8.56. The fourth-order valence-corrected chi connectivity index (χ4v) is 2.66. The Kier molecular flexibility index (Phi) is 5.53. The van der Waals surface area contributed by atoms with Crippen molar-refractivity contribution in [3.8, 4) is 11.5 Å². The lowest BCUT2D eigenvalue weighted by Gasteiger charge is -2.13. The molecule has 3 rings (SSSR count). The molecule has 2 N–H and O–H groups in total. The normalized spacial score (nSPS) is 10.2. The number of benzene rings is 3. The van der Waals surface area contributed by atoms with Gasteiger partial charge in [0, 0.05) is 16.4 Å². The lowest BCUT2D eigenvalue weighted by atomic mass is 10.2. The fraction of sp³-hybridized carbons (Fsp3) is 0.0500. The van der Waals surface area contributed by atoms with Crippen molar-refractivity contribution in [1.82, 2.24) is 0 Å². The summed E-state index contributed by atoms with van der Waals surface area (Å²) in [7, 11) is 0. The van der Waals surface area contributed by atoms with Crippen molar-refractivity contribution in [2.45, 2.75) is 6.92 Å². The number of rotatable bonds is 4. The maximum Gasteiger partial charge on any atom is 0.175 e. The summed E-state index contributed by atoms with van der Waals surface area (Å²) in [5.74, 6) is 1.57. The SMILES string of the molecule is Cc1c(Cl)cccc1NC(=S)Nc1ccc(Oc2ccccc2)cc1. The average Bonchev–Trinajstić information content (AvgIpc) is 2.62. The summed E-state index contributed by atoms with van der Waals surface area (Å²) < 4.78 is 5.77. The number of halogens is 1. The molecule has 0 aromatic heterocycles. The topological polar surface area (TPSA) is 33.3 Å². The van der Waals surface area contributed by atoms with E-state index in [9.17, 15) is 0 Å². The molecule has 0 aliphatic rings.